The van der Waals surface area contributed by atoms with Gasteiger partial charge in [-0.15, -0.1) is 11.3 Å². The first-order valence-electron chi connectivity index (χ1n) is 5.37. The molecule has 2 aromatic heterocycles. The van der Waals surface area contributed by atoms with Crippen molar-refractivity contribution < 1.29 is 0 Å². The lowest BCUT2D eigenvalue weighted by atomic mass is 10.3. The fourth-order valence-electron chi connectivity index (χ4n) is 1.46. The summed E-state index contributed by atoms with van der Waals surface area (Å²) < 4.78 is 2.03. The number of hydrogen-bond donors (Lipinski definition) is 2. The first kappa shape index (κ1) is 13.8. The Labute approximate surface area is 126 Å². The van der Waals surface area contributed by atoms with E-state index in [4.69, 9.17) is 0 Å². The molecule has 0 aliphatic heterocycles. The molecule has 0 spiro atoms. The van der Waals surface area contributed by atoms with Gasteiger partial charge in [-0.1, -0.05) is 0 Å². The summed E-state index contributed by atoms with van der Waals surface area (Å²) in [7, 11) is 1.83. The van der Waals surface area contributed by atoms with E-state index in [1.165, 1.54) is 4.88 Å². The molecule has 0 radical (unpaired) electrons. The van der Waals surface area contributed by atoms with E-state index in [0.717, 1.165) is 32.9 Å². The van der Waals surface area contributed by atoms with Crippen molar-refractivity contribution in [1.82, 2.24) is 9.97 Å². The highest BCUT2D eigenvalue weighted by molar-refractivity contribution is 9.11. The summed E-state index contributed by atoms with van der Waals surface area (Å²) in [6.07, 6.45) is 2.52. The lowest BCUT2D eigenvalue weighted by Crippen LogP contribution is -2.07. The molecule has 0 atom stereocenters. The van der Waals surface area contributed by atoms with Crippen molar-refractivity contribution in [2.45, 2.75) is 6.42 Å². The average molecular weight is 392 g/mol. The van der Waals surface area contributed by atoms with Crippen LogP contribution in [0.2, 0.25) is 0 Å². The molecule has 2 rings (SSSR count). The Balaban J connectivity index is 1.94. The van der Waals surface area contributed by atoms with Crippen LogP contribution >= 0.6 is 43.2 Å². The maximum absolute atomic E-state index is 4.21. The summed E-state index contributed by atoms with van der Waals surface area (Å²) in [4.78, 5) is 9.66. The highest BCUT2D eigenvalue weighted by Gasteiger charge is 2.06. The van der Waals surface area contributed by atoms with Crippen LogP contribution in [-0.4, -0.2) is 23.6 Å². The van der Waals surface area contributed by atoms with Gasteiger partial charge in [0.15, 0.2) is 0 Å². The van der Waals surface area contributed by atoms with E-state index in [-0.39, 0.29) is 0 Å². The Hall–Kier alpha value is -0.660. The van der Waals surface area contributed by atoms with E-state index in [0.29, 0.717) is 0 Å². The predicted octanol–water partition coefficient (Wildman–Crippen LogP) is 3.76. The van der Waals surface area contributed by atoms with Gasteiger partial charge < -0.3 is 10.6 Å². The monoisotopic (exact) mass is 390 g/mol. The standard InChI is InChI=1S/C11H12Br2N4S/c1-14-10-9(13)11(17-6-16-10)15-5-4-7-2-3-8(12)18-7/h2-3,6H,4-5H2,1H3,(H2,14,15,16,17). The third-order valence-corrected chi connectivity index (χ3v) is 4.75. The van der Waals surface area contributed by atoms with E-state index < -0.39 is 0 Å². The third kappa shape index (κ3) is 3.43. The number of nitrogens with zero attached hydrogens (tertiary/aromatic N) is 2. The molecule has 2 aromatic rings. The maximum atomic E-state index is 4.21. The minimum atomic E-state index is 0.784. The molecule has 96 valence electrons. The van der Waals surface area contributed by atoms with Crippen molar-refractivity contribution >= 4 is 54.8 Å². The largest absolute Gasteiger partial charge is 0.372 e. The topological polar surface area (TPSA) is 49.8 Å². The van der Waals surface area contributed by atoms with Gasteiger partial charge >= 0.3 is 0 Å². The van der Waals surface area contributed by atoms with Gasteiger partial charge in [-0.2, -0.15) is 0 Å². The van der Waals surface area contributed by atoms with Crippen molar-refractivity contribution in [1.29, 1.82) is 0 Å². The summed E-state index contributed by atoms with van der Waals surface area (Å²) in [6, 6.07) is 4.20. The van der Waals surface area contributed by atoms with Gasteiger partial charge in [0.25, 0.3) is 0 Å². The van der Waals surface area contributed by atoms with Gasteiger partial charge in [0.1, 0.15) is 22.4 Å². The van der Waals surface area contributed by atoms with Gasteiger partial charge in [0.05, 0.1) is 3.79 Å². The molecule has 0 bridgehead atoms. The van der Waals surface area contributed by atoms with Crippen LogP contribution in [0.25, 0.3) is 0 Å². The van der Waals surface area contributed by atoms with Gasteiger partial charge in [-0.05, 0) is 50.4 Å². The zero-order chi connectivity index (χ0) is 13.0. The summed E-state index contributed by atoms with van der Waals surface area (Å²) in [6.45, 7) is 0.839. The van der Waals surface area contributed by atoms with Crippen molar-refractivity contribution in [3.8, 4) is 0 Å². The van der Waals surface area contributed by atoms with Crippen LogP contribution in [0, 0.1) is 0 Å². The fourth-order valence-corrected chi connectivity index (χ4v) is 3.48. The number of rotatable bonds is 5. The van der Waals surface area contributed by atoms with Crippen molar-refractivity contribution in [2.75, 3.05) is 24.2 Å². The Morgan fingerprint density at radius 1 is 1.22 bits per heavy atom. The molecule has 0 fully saturated rings. The summed E-state index contributed by atoms with van der Waals surface area (Å²) >= 11 is 8.69. The van der Waals surface area contributed by atoms with Crippen LogP contribution in [0.4, 0.5) is 11.6 Å². The molecule has 2 N–H and O–H groups in total. The third-order valence-electron chi connectivity index (χ3n) is 2.32. The second-order valence-corrected chi connectivity index (χ2v) is 6.86. The molecular weight excluding hydrogens is 380 g/mol. The van der Waals surface area contributed by atoms with Crippen LogP contribution < -0.4 is 10.6 Å². The minimum absolute atomic E-state index is 0.784. The normalized spacial score (nSPS) is 10.4. The van der Waals surface area contributed by atoms with Crippen LogP contribution in [0.5, 0.6) is 0 Å². The van der Waals surface area contributed by atoms with E-state index in [1.807, 2.05) is 7.05 Å². The highest BCUT2D eigenvalue weighted by Crippen LogP contribution is 2.26. The molecular formula is C11H12Br2N4S. The van der Waals surface area contributed by atoms with E-state index in [1.54, 1.807) is 17.7 Å². The second-order valence-electron chi connectivity index (χ2n) is 3.52. The average Bonchev–Trinajstić information content (AvgIpc) is 2.77. The van der Waals surface area contributed by atoms with E-state index in [2.05, 4.69) is 64.6 Å². The van der Waals surface area contributed by atoms with E-state index >= 15 is 0 Å². The number of halogens is 2. The Morgan fingerprint density at radius 2 is 2.00 bits per heavy atom. The fraction of sp³-hybridized carbons (Fsp3) is 0.273. The zero-order valence-corrected chi connectivity index (χ0v) is 13.7. The molecule has 0 saturated carbocycles. The van der Waals surface area contributed by atoms with Crippen LogP contribution in [0.3, 0.4) is 0 Å². The first-order valence-corrected chi connectivity index (χ1v) is 7.77. The number of anilines is 2. The van der Waals surface area contributed by atoms with Crippen molar-refractivity contribution in [3.05, 3.63) is 31.6 Å². The molecule has 0 aromatic carbocycles. The van der Waals surface area contributed by atoms with Crippen molar-refractivity contribution in [3.63, 3.8) is 0 Å². The number of nitrogens with one attached hydrogen (secondary N) is 2. The minimum Gasteiger partial charge on any atom is -0.372 e. The molecule has 7 heteroatoms. The summed E-state index contributed by atoms with van der Waals surface area (Å²) in [5, 5.41) is 6.30. The molecule has 0 aliphatic carbocycles. The number of hydrogen-bond acceptors (Lipinski definition) is 5. The van der Waals surface area contributed by atoms with Crippen LogP contribution in [-0.2, 0) is 6.42 Å². The van der Waals surface area contributed by atoms with E-state index in [9.17, 15) is 0 Å². The Morgan fingerprint density at radius 3 is 2.67 bits per heavy atom. The van der Waals surface area contributed by atoms with Gasteiger partial charge in [-0.3, -0.25) is 0 Å². The molecule has 0 unspecified atom stereocenters. The summed E-state index contributed by atoms with van der Waals surface area (Å²) in [5.41, 5.74) is 0. The molecule has 2 heterocycles. The van der Waals surface area contributed by atoms with Crippen LogP contribution in [0.15, 0.2) is 26.7 Å². The van der Waals surface area contributed by atoms with Gasteiger partial charge in [0, 0.05) is 18.5 Å². The molecule has 0 amide bonds. The lowest BCUT2D eigenvalue weighted by molar-refractivity contribution is 1.01. The second kappa shape index (κ2) is 6.49. The first-order chi connectivity index (χ1) is 8.70. The van der Waals surface area contributed by atoms with Crippen LogP contribution in [0.1, 0.15) is 4.88 Å². The highest BCUT2D eigenvalue weighted by atomic mass is 79.9. The quantitative estimate of drug-likeness (QED) is 0.814. The lowest BCUT2D eigenvalue weighted by Gasteiger charge is -2.09. The van der Waals surface area contributed by atoms with Gasteiger partial charge in [-0.25, -0.2) is 9.97 Å². The summed E-state index contributed by atoms with van der Waals surface area (Å²) in [5.74, 6) is 1.59. The smallest absolute Gasteiger partial charge is 0.145 e. The molecule has 4 nitrogen and oxygen atoms in total. The Kier molecular flexibility index (Phi) is 4.96. The SMILES string of the molecule is CNc1ncnc(NCCc2ccc(Br)s2)c1Br. The van der Waals surface area contributed by atoms with Gasteiger partial charge in [0.2, 0.25) is 0 Å². The Bertz CT molecular complexity index is 530. The number of thiophene rings is 1. The number of aromatic nitrogens is 2. The molecule has 0 aliphatic rings. The predicted molar refractivity (Wildman–Crippen MR) is 83.5 cm³/mol. The molecule has 18 heavy (non-hydrogen) atoms. The zero-order valence-electron chi connectivity index (χ0n) is 9.70. The molecule has 0 saturated heterocycles. The van der Waals surface area contributed by atoms with Crippen molar-refractivity contribution in [2.24, 2.45) is 0 Å². The maximum Gasteiger partial charge on any atom is 0.145 e.